The third kappa shape index (κ3) is 4.69. The average molecular weight is 429 g/mol. The zero-order valence-electron chi connectivity index (χ0n) is 16.1. The summed E-state index contributed by atoms with van der Waals surface area (Å²) in [5, 5.41) is 27.6. The van der Waals surface area contributed by atoms with Crippen LogP contribution in [0.3, 0.4) is 0 Å². The molecule has 1 amide bonds. The number of nitro groups is 2. The average Bonchev–Trinajstić information content (AvgIpc) is 3.23. The van der Waals surface area contributed by atoms with Gasteiger partial charge in [0.2, 0.25) is 0 Å². The van der Waals surface area contributed by atoms with Gasteiger partial charge in [0.15, 0.2) is 5.11 Å². The molecule has 1 aliphatic rings. The normalized spacial score (nSPS) is 13.0. The van der Waals surface area contributed by atoms with Crippen molar-refractivity contribution in [3.63, 3.8) is 0 Å². The maximum atomic E-state index is 12.5. The first-order valence-electron chi connectivity index (χ1n) is 9.17. The lowest BCUT2D eigenvalue weighted by molar-refractivity contribution is -0.384. The van der Waals surface area contributed by atoms with Crippen molar-refractivity contribution in [1.29, 1.82) is 0 Å². The maximum absolute atomic E-state index is 12.5. The number of nitrogens with zero attached hydrogens (tertiary/aromatic N) is 3. The van der Waals surface area contributed by atoms with E-state index in [0.29, 0.717) is 11.3 Å². The molecule has 0 aliphatic carbocycles. The van der Waals surface area contributed by atoms with Crippen molar-refractivity contribution in [3.05, 3.63) is 67.8 Å². The number of anilines is 2. The Morgan fingerprint density at radius 2 is 1.70 bits per heavy atom. The summed E-state index contributed by atoms with van der Waals surface area (Å²) in [5.74, 6) is -0.654. The molecule has 156 valence electrons. The number of hydrogen-bond acceptors (Lipinski definition) is 7. The molecule has 0 unspecified atom stereocenters. The first-order chi connectivity index (χ1) is 14.3. The number of nitrogens with one attached hydrogen (secondary N) is 2. The van der Waals surface area contributed by atoms with Gasteiger partial charge in [0, 0.05) is 30.8 Å². The van der Waals surface area contributed by atoms with Crippen molar-refractivity contribution in [2.75, 3.05) is 23.3 Å². The SMILES string of the molecule is Cc1ccc(NC(=S)NC(=O)c2ccc(N3CCCC3)c([N+](=O)[O-])c2)c([N+](=O)[O-])c1. The van der Waals surface area contributed by atoms with Crippen molar-refractivity contribution in [2.24, 2.45) is 0 Å². The Balaban J connectivity index is 1.76. The molecule has 3 rings (SSSR count). The van der Waals surface area contributed by atoms with E-state index in [0.717, 1.165) is 25.9 Å². The minimum atomic E-state index is -0.654. The van der Waals surface area contributed by atoms with Gasteiger partial charge in [-0.1, -0.05) is 6.07 Å². The first kappa shape index (κ1) is 21.1. The lowest BCUT2D eigenvalue weighted by Crippen LogP contribution is -2.34. The summed E-state index contributed by atoms with van der Waals surface area (Å²) >= 11 is 5.08. The molecule has 30 heavy (non-hydrogen) atoms. The van der Waals surface area contributed by atoms with Crippen LogP contribution in [0.1, 0.15) is 28.8 Å². The zero-order chi connectivity index (χ0) is 21.8. The van der Waals surface area contributed by atoms with Crippen molar-refractivity contribution in [2.45, 2.75) is 19.8 Å². The molecule has 0 radical (unpaired) electrons. The highest BCUT2D eigenvalue weighted by molar-refractivity contribution is 7.80. The van der Waals surface area contributed by atoms with Crippen LogP contribution >= 0.6 is 12.2 Å². The maximum Gasteiger partial charge on any atom is 0.293 e. The second-order valence-corrected chi connectivity index (χ2v) is 7.25. The topological polar surface area (TPSA) is 131 Å². The molecule has 11 heteroatoms. The Bertz CT molecular complexity index is 1040. The van der Waals surface area contributed by atoms with E-state index in [1.54, 1.807) is 19.1 Å². The smallest absolute Gasteiger partial charge is 0.293 e. The molecule has 0 aromatic heterocycles. The molecule has 0 spiro atoms. The molecule has 1 aliphatic heterocycles. The summed E-state index contributed by atoms with van der Waals surface area (Å²) in [6.07, 6.45) is 1.93. The van der Waals surface area contributed by atoms with Crippen LogP contribution in [0.15, 0.2) is 36.4 Å². The summed E-state index contributed by atoms with van der Waals surface area (Å²) in [5.41, 5.74) is 1.03. The summed E-state index contributed by atoms with van der Waals surface area (Å²) in [6, 6.07) is 8.79. The summed E-state index contributed by atoms with van der Waals surface area (Å²) in [6.45, 7) is 3.18. The van der Waals surface area contributed by atoms with Gasteiger partial charge in [-0.3, -0.25) is 30.3 Å². The van der Waals surface area contributed by atoms with E-state index in [9.17, 15) is 25.0 Å². The van der Waals surface area contributed by atoms with Gasteiger partial charge in [0.1, 0.15) is 11.4 Å². The predicted molar refractivity (Wildman–Crippen MR) is 116 cm³/mol. The second kappa shape index (κ2) is 8.82. The highest BCUT2D eigenvalue weighted by Gasteiger charge is 2.24. The minimum absolute atomic E-state index is 0.0622. The highest BCUT2D eigenvalue weighted by atomic mass is 32.1. The Kier molecular flexibility index (Phi) is 6.21. The van der Waals surface area contributed by atoms with Crippen molar-refractivity contribution in [1.82, 2.24) is 5.32 Å². The van der Waals surface area contributed by atoms with Gasteiger partial charge in [0.25, 0.3) is 17.3 Å². The molecule has 10 nitrogen and oxygen atoms in total. The van der Waals surface area contributed by atoms with Crippen LogP contribution in [0.4, 0.5) is 22.7 Å². The van der Waals surface area contributed by atoms with E-state index in [2.05, 4.69) is 10.6 Å². The van der Waals surface area contributed by atoms with Gasteiger partial charge < -0.3 is 10.2 Å². The van der Waals surface area contributed by atoms with E-state index in [4.69, 9.17) is 12.2 Å². The van der Waals surface area contributed by atoms with Crippen molar-refractivity contribution in [3.8, 4) is 0 Å². The van der Waals surface area contributed by atoms with Gasteiger partial charge in [-0.2, -0.15) is 0 Å². The van der Waals surface area contributed by atoms with Crippen LogP contribution in [0.25, 0.3) is 0 Å². The van der Waals surface area contributed by atoms with Crippen molar-refractivity contribution >= 4 is 46.0 Å². The fourth-order valence-corrected chi connectivity index (χ4v) is 3.47. The monoisotopic (exact) mass is 429 g/mol. The van der Waals surface area contributed by atoms with Gasteiger partial charge >= 0.3 is 0 Å². The Morgan fingerprint density at radius 3 is 2.33 bits per heavy atom. The number of hydrogen-bond donors (Lipinski definition) is 2. The highest BCUT2D eigenvalue weighted by Crippen LogP contribution is 2.31. The molecule has 0 bridgehead atoms. The van der Waals surface area contributed by atoms with Crippen LogP contribution in [0.2, 0.25) is 0 Å². The molecule has 1 heterocycles. The molecule has 2 aromatic rings. The number of rotatable bonds is 5. The summed E-state index contributed by atoms with van der Waals surface area (Å²) < 4.78 is 0. The molecule has 2 aromatic carbocycles. The van der Waals surface area contributed by atoms with E-state index >= 15 is 0 Å². The lowest BCUT2D eigenvalue weighted by atomic mass is 10.1. The zero-order valence-corrected chi connectivity index (χ0v) is 16.9. The van der Waals surface area contributed by atoms with Gasteiger partial charge in [-0.25, -0.2) is 0 Å². The number of benzene rings is 2. The Morgan fingerprint density at radius 1 is 1.03 bits per heavy atom. The number of carbonyl (C=O) groups is 1. The minimum Gasteiger partial charge on any atom is -0.366 e. The summed E-state index contributed by atoms with van der Waals surface area (Å²) in [7, 11) is 0. The Hall–Kier alpha value is -3.60. The van der Waals surface area contributed by atoms with Crippen LogP contribution in [0.5, 0.6) is 0 Å². The van der Waals surface area contributed by atoms with Gasteiger partial charge in [-0.15, -0.1) is 0 Å². The molecule has 1 saturated heterocycles. The van der Waals surface area contributed by atoms with E-state index < -0.39 is 15.8 Å². The number of thiocarbonyl (C=S) groups is 1. The molecule has 1 fully saturated rings. The largest absolute Gasteiger partial charge is 0.366 e. The fraction of sp³-hybridized carbons (Fsp3) is 0.263. The first-order valence-corrected chi connectivity index (χ1v) is 9.58. The van der Waals surface area contributed by atoms with E-state index in [-0.39, 0.29) is 27.7 Å². The van der Waals surface area contributed by atoms with Gasteiger partial charge in [0.05, 0.1) is 9.85 Å². The third-order valence-corrected chi connectivity index (χ3v) is 4.91. The van der Waals surface area contributed by atoms with Gasteiger partial charge in [-0.05, 0) is 55.7 Å². The summed E-state index contributed by atoms with van der Waals surface area (Å²) in [4.78, 5) is 36.1. The number of amides is 1. The van der Waals surface area contributed by atoms with E-state index in [1.807, 2.05) is 4.90 Å². The molecule has 2 N–H and O–H groups in total. The van der Waals surface area contributed by atoms with Crippen LogP contribution < -0.4 is 15.5 Å². The third-order valence-electron chi connectivity index (χ3n) is 4.71. The molecular formula is C19H19N5O5S. The fourth-order valence-electron chi connectivity index (χ4n) is 3.26. The second-order valence-electron chi connectivity index (χ2n) is 6.84. The Labute approximate surface area is 177 Å². The quantitative estimate of drug-likeness (QED) is 0.419. The predicted octanol–water partition coefficient (Wildman–Crippen LogP) is 3.54. The van der Waals surface area contributed by atoms with Crippen LogP contribution in [0, 0.1) is 27.2 Å². The van der Waals surface area contributed by atoms with Crippen LogP contribution in [-0.2, 0) is 0 Å². The van der Waals surface area contributed by atoms with Crippen molar-refractivity contribution < 1.29 is 14.6 Å². The molecule has 0 atom stereocenters. The lowest BCUT2D eigenvalue weighted by Gasteiger charge is -2.18. The molecular weight excluding hydrogens is 410 g/mol. The van der Waals surface area contributed by atoms with Crippen LogP contribution in [-0.4, -0.2) is 34.0 Å². The molecule has 0 saturated carbocycles. The number of aryl methyl sites for hydroxylation is 1. The van der Waals surface area contributed by atoms with E-state index in [1.165, 1.54) is 24.3 Å². The standard InChI is InChI=1S/C19H19N5O5S/c1-12-4-6-14(16(10-12)23(26)27)20-19(30)21-18(25)13-5-7-15(17(11-13)24(28)29)22-8-2-3-9-22/h4-7,10-11H,2-3,8-9H2,1H3,(H2,20,21,25,30). The number of nitro benzene ring substituents is 2. The number of carbonyl (C=O) groups excluding carboxylic acids is 1.